The van der Waals surface area contributed by atoms with E-state index in [9.17, 15) is 0 Å². The third-order valence-corrected chi connectivity index (χ3v) is 8.96. The zero-order chi connectivity index (χ0) is 32.3. The number of aromatic nitrogens is 1. The molecule has 6 aromatic rings. The van der Waals surface area contributed by atoms with Gasteiger partial charge in [0.25, 0.3) is 0 Å². The minimum absolute atomic E-state index is 0. The summed E-state index contributed by atoms with van der Waals surface area (Å²) in [6, 6.07) is 53.2. The summed E-state index contributed by atoms with van der Waals surface area (Å²) in [4.78, 5) is 4.52. The number of hydrogen-bond acceptors (Lipinski definition) is 3. The molecule has 0 saturated carbocycles. The van der Waals surface area contributed by atoms with Gasteiger partial charge < -0.3 is 14.5 Å². The Hall–Kier alpha value is -4.18. The molecule has 0 saturated heterocycles. The van der Waals surface area contributed by atoms with Gasteiger partial charge in [-0.1, -0.05) is 103 Å². The largest absolute Gasteiger partial charge is 0.382 e. The van der Waals surface area contributed by atoms with E-state index in [1.54, 1.807) is 0 Å². The molecule has 3 nitrogen and oxygen atoms in total. The average Bonchev–Trinajstić information content (AvgIpc) is 3.15. The molecule has 0 N–H and O–H groups in total. The Morgan fingerprint density at radius 1 is 0.542 bits per heavy atom. The van der Waals surface area contributed by atoms with Crippen LogP contribution >= 0.6 is 0 Å². The second kappa shape index (κ2) is 17.3. The maximum atomic E-state index is 5.94. The van der Waals surface area contributed by atoms with Gasteiger partial charge in [-0.2, -0.15) is 0 Å². The predicted molar refractivity (Wildman–Crippen MR) is 194 cm³/mol. The average molecular weight is 809 g/mol. The Morgan fingerprint density at radius 3 is 1.62 bits per heavy atom. The zero-order valence-electron chi connectivity index (χ0n) is 27.7. The van der Waals surface area contributed by atoms with Crippen molar-refractivity contribution >= 4 is 0 Å². The van der Waals surface area contributed by atoms with Gasteiger partial charge in [-0.25, -0.2) is 0 Å². The molecule has 5 aromatic carbocycles. The quantitative estimate of drug-likeness (QED) is 0.0811. The number of benzene rings is 5. The predicted octanol–water partition coefficient (Wildman–Crippen LogP) is 10.7. The van der Waals surface area contributed by atoms with Crippen LogP contribution in [-0.2, 0) is 35.0 Å². The SMILES string of the molecule is CCOCCC(CCOCC)(c1ccccc1)c1cccc(-c2cccc(-c3cccc(-c4cc[c-]c(-c5ccccn5)c4)c3)c2)c1.[Ir]. The van der Waals surface area contributed by atoms with Crippen molar-refractivity contribution in [3.63, 3.8) is 0 Å². The Bertz CT molecular complexity index is 1860. The van der Waals surface area contributed by atoms with Crippen LogP contribution in [-0.4, -0.2) is 31.4 Å². The van der Waals surface area contributed by atoms with E-state index in [0.717, 1.165) is 35.2 Å². The van der Waals surface area contributed by atoms with E-state index < -0.39 is 0 Å². The fourth-order valence-electron chi connectivity index (χ4n) is 6.48. The minimum atomic E-state index is -0.227. The number of pyridine rings is 1. The summed E-state index contributed by atoms with van der Waals surface area (Å²) in [7, 11) is 0. The molecule has 0 unspecified atom stereocenters. The van der Waals surface area contributed by atoms with Crippen molar-refractivity contribution in [2.45, 2.75) is 32.1 Å². The molecule has 0 bridgehead atoms. The van der Waals surface area contributed by atoms with E-state index >= 15 is 0 Å². The van der Waals surface area contributed by atoms with Crippen molar-refractivity contribution in [3.8, 4) is 44.6 Å². The van der Waals surface area contributed by atoms with Gasteiger partial charge in [0, 0.05) is 58.1 Å². The summed E-state index contributed by atoms with van der Waals surface area (Å²) >= 11 is 0. The Balaban J connectivity index is 0.00000451. The summed E-state index contributed by atoms with van der Waals surface area (Å²) in [6.07, 6.45) is 3.59. The third kappa shape index (κ3) is 8.26. The molecule has 0 spiro atoms. The Labute approximate surface area is 299 Å². The van der Waals surface area contributed by atoms with E-state index in [1.807, 2.05) is 30.5 Å². The summed E-state index contributed by atoms with van der Waals surface area (Å²) in [5.74, 6) is 0. The molecule has 1 radical (unpaired) electrons. The van der Waals surface area contributed by atoms with Crippen molar-refractivity contribution in [3.05, 3.63) is 163 Å². The molecule has 1 aromatic heterocycles. The van der Waals surface area contributed by atoms with Crippen LogP contribution in [0, 0.1) is 6.07 Å². The number of nitrogens with zero attached hydrogens (tertiary/aromatic N) is 1. The molecule has 48 heavy (non-hydrogen) atoms. The van der Waals surface area contributed by atoms with Crippen molar-refractivity contribution < 1.29 is 29.6 Å². The number of ether oxygens (including phenoxy) is 2. The molecule has 4 heteroatoms. The number of rotatable bonds is 14. The molecule has 0 aliphatic rings. The van der Waals surface area contributed by atoms with Crippen LogP contribution in [0.4, 0.5) is 0 Å². The first-order valence-electron chi connectivity index (χ1n) is 16.7. The van der Waals surface area contributed by atoms with Crippen molar-refractivity contribution in [2.24, 2.45) is 0 Å². The molecular formula is C44H42IrNO2-. The first-order valence-corrected chi connectivity index (χ1v) is 16.7. The molecule has 6 rings (SSSR count). The Morgan fingerprint density at radius 2 is 1.06 bits per heavy atom. The zero-order valence-corrected chi connectivity index (χ0v) is 30.1. The van der Waals surface area contributed by atoms with Gasteiger partial charge in [0.1, 0.15) is 0 Å². The molecular weight excluding hydrogens is 767 g/mol. The van der Waals surface area contributed by atoms with Gasteiger partial charge in [-0.15, -0.1) is 35.4 Å². The van der Waals surface area contributed by atoms with Gasteiger partial charge in [0.2, 0.25) is 0 Å². The first kappa shape index (κ1) is 35.1. The fraction of sp³-hybridized carbons (Fsp3) is 0.205. The van der Waals surface area contributed by atoms with Crippen LogP contribution in [0.5, 0.6) is 0 Å². The molecule has 245 valence electrons. The van der Waals surface area contributed by atoms with Crippen LogP contribution in [0.25, 0.3) is 44.6 Å². The molecule has 0 aliphatic heterocycles. The summed E-state index contributed by atoms with van der Waals surface area (Å²) in [6.45, 7) is 6.92. The van der Waals surface area contributed by atoms with Gasteiger partial charge in [0.15, 0.2) is 0 Å². The van der Waals surface area contributed by atoms with Crippen molar-refractivity contribution in [2.75, 3.05) is 26.4 Å². The van der Waals surface area contributed by atoms with Crippen LogP contribution in [0.2, 0.25) is 0 Å². The summed E-state index contributed by atoms with van der Waals surface area (Å²) in [5.41, 5.74) is 11.3. The smallest absolute Gasteiger partial charge is 0.0477 e. The van der Waals surface area contributed by atoms with Gasteiger partial charge in [-0.05, 0) is 89.5 Å². The van der Waals surface area contributed by atoms with Crippen molar-refractivity contribution in [1.82, 2.24) is 4.98 Å². The molecule has 0 fully saturated rings. The normalized spacial score (nSPS) is 11.2. The van der Waals surface area contributed by atoms with E-state index in [4.69, 9.17) is 9.47 Å². The maximum absolute atomic E-state index is 5.94. The molecule has 1 heterocycles. The summed E-state index contributed by atoms with van der Waals surface area (Å²) < 4.78 is 11.9. The molecule has 0 aliphatic carbocycles. The number of hydrogen-bond donors (Lipinski definition) is 0. The minimum Gasteiger partial charge on any atom is -0.382 e. The maximum Gasteiger partial charge on any atom is 0.0477 e. The standard InChI is InChI=1S/C44H42NO2.Ir/c1-3-46-28-25-44(26-29-47-4-2,41-21-6-5-7-22-41)42-23-13-19-39(33-42)37-17-11-15-35(31-37)34-14-10-16-36(30-34)38-18-12-20-40(32-38)43-24-8-9-27-45-43;/h5-19,21-24,27,30-33H,3-4,25-26,28-29H2,1-2H3;/q-1;. The van der Waals surface area contributed by atoms with E-state index in [1.165, 1.54) is 33.4 Å². The second-order valence-electron chi connectivity index (χ2n) is 11.8. The monoisotopic (exact) mass is 809 g/mol. The van der Waals surface area contributed by atoms with Crippen LogP contribution in [0.1, 0.15) is 37.8 Å². The van der Waals surface area contributed by atoms with Crippen molar-refractivity contribution in [1.29, 1.82) is 0 Å². The van der Waals surface area contributed by atoms with Crippen LogP contribution in [0.15, 0.2) is 146 Å². The fourth-order valence-corrected chi connectivity index (χ4v) is 6.48. The third-order valence-electron chi connectivity index (χ3n) is 8.96. The molecule has 0 amide bonds. The van der Waals surface area contributed by atoms with Gasteiger partial charge in [-0.3, -0.25) is 0 Å². The van der Waals surface area contributed by atoms with Gasteiger partial charge in [0.05, 0.1) is 0 Å². The molecule has 0 atom stereocenters. The van der Waals surface area contributed by atoms with E-state index in [-0.39, 0.29) is 25.5 Å². The first-order chi connectivity index (χ1) is 23.2. The van der Waals surface area contributed by atoms with E-state index in [2.05, 4.69) is 140 Å². The van der Waals surface area contributed by atoms with Gasteiger partial charge >= 0.3 is 0 Å². The van der Waals surface area contributed by atoms with Crippen LogP contribution in [0.3, 0.4) is 0 Å². The Kier molecular flexibility index (Phi) is 12.7. The van der Waals surface area contributed by atoms with Crippen LogP contribution < -0.4 is 0 Å². The second-order valence-corrected chi connectivity index (χ2v) is 11.8. The van der Waals surface area contributed by atoms with E-state index in [0.29, 0.717) is 26.4 Å². The topological polar surface area (TPSA) is 31.4 Å². The summed E-state index contributed by atoms with van der Waals surface area (Å²) in [5, 5.41) is 0.